The number of furan rings is 2. The number of aromatic nitrogens is 2. The maximum atomic E-state index is 6.38. The minimum Gasteiger partial charge on any atom is -0.455 e. The third-order valence-corrected chi connectivity index (χ3v) is 10.7. The van der Waals surface area contributed by atoms with E-state index >= 15 is 0 Å². The quantitative estimate of drug-likeness (QED) is 0.172. The normalized spacial score (nSPS) is 11.6. The van der Waals surface area contributed by atoms with E-state index in [0.717, 1.165) is 88.6 Å². The van der Waals surface area contributed by atoms with Gasteiger partial charge >= 0.3 is 0 Å². The number of anilines is 3. The van der Waals surface area contributed by atoms with Crippen molar-refractivity contribution < 1.29 is 8.83 Å². The first-order valence-electron chi connectivity index (χ1n) is 18.4. The highest BCUT2D eigenvalue weighted by Crippen LogP contribution is 2.44. The number of para-hydroxylation sites is 2. The van der Waals surface area contributed by atoms with Crippen LogP contribution in [0.3, 0.4) is 0 Å². The molecule has 0 amide bonds. The average Bonchev–Trinajstić information content (AvgIpc) is 3.84. The van der Waals surface area contributed by atoms with E-state index in [1.54, 1.807) is 6.20 Å². The molecule has 0 bridgehead atoms. The van der Waals surface area contributed by atoms with Crippen LogP contribution >= 0.6 is 0 Å². The number of fused-ring (bicyclic) bond motifs is 7. The average molecular weight is 706 g/mol. The molecule has 0 spiro atoms. The van der Waals surface area contributed by atoms with Crippen LogP contribution in [0.1, 0.15) is 0 Å². The van der Waals surface area contributed by atoms with Gasteiger partial charge in [-0.05, 0) is 70.1 Å². The van der Waals surface area contributed by atoms with E-state index in [9.17, 15) is 0 Å². The highest BCUT2D eigenvalue weighted by Gasteiger charge is 2.20. The van der Waals surface area contributed by atoms with Gasteiger partial charge in [-0.25, -0.2) is 0 Å². The van der Waals surface area contributed by atoms with E-state index in [1.807, 2.05) is 42.9 Å². The molecule has 0 saturated carbocycles. The lowest BCUT2D eigenvalue weighted by Gasteiger charge is -2.28. The minimum atomic E-state index is 0.835. The van der Waals surface area contributed by atoms with Crippen LogP contribution in [0.25, 0.3) is 88.0 Å². The largest absolute Gasteiger partial charge is 0.455 e. The number of pyridine rings is 2. The third kappa shape index (κ3) is 5.09. The van der Waals surface area contributed by atoms with Crippen molar-refractivity contribution in [2.45, 2.75) is 0 Å². The molecule has 11 aromatic rings. The smallest absolute Gasteiger partial charge is 0.146 e. The molecule has 0 aliphatic carbocycles. The van der Waals surface area contributed by atoms with E-state index < -0.39 is 0 Å². The van der Waals surface area contributed by atoms with Crippen molar-refractivity contribution in [3.05, 3.63) is 189 Å². The summed E-state index contributed by atoms with van der Waals surface area (Å²) in [5.74, 6) is 0. The zero-order valence-corrected chi connectivity index (χ0v) is 29.6. The fourth-order valence-electron chi connectivity index (χ4n) is 8.07. The molecule has 4 aromatic heterocycles. The Labute approximate surface area is 316 Å². The van der Waals surface area contributed by atoms with Crippen LogP contribution in [0.4, 0.5) is 17.1 Å². The maximum Gasteiger partial charge on any atom is 0.146 e. The van der Waals surface area contributed by atoms with Crippen molar-refractivity contribution in [3.8, 4) is 33.4 Å². The highest BCUT2D eigenvalue weighted by molar-refractivity contribution is 6.11. The van der Waals surface area contributed by atoms with Gasteiger partial charge in [0.05, 0.1) is 5.69 Å². The summed E-state index contributed by atoms with van der Waals surface area (Å²) in [6, 6.07) is 57.6. The zero-order valence-electron chi connectivity index (χ0n) is 29.6. The Morgan fingerprint density at radius 3 is 1.73 bits per heavy atom. The topological polar surface area (TPSA) is 55.3 Å². The van der Waals surface area contributed by atoms with Crippen LogP contribution in [0.5, 0.6) is 0 Å². The van der Waals surface area contributed by atoms with Crippen molar-refractivity contribution >= 4 is 71.7 Å². The van der Waals surface area contributed by atoms with Crippen LogP contribution in [0, 0.1) is 0 Å². The molecule has 0 atom stereocenters. The summed E-state index contributed by atoms with van der Waals surface area (Å²) in [5.41, 5.74) is 13.1. The molecule has 0 unspecified atom stereocenters. The molecule has 5 heteroatoms. The molecule has 4 heterocycles. The maximum absolute atomic E-state index is 6.38. The monoisotopic (exact) mass is 705 g/mol. The van der Waals surface area contributed by atoms with Gasteiger partial charge in [-0.15, -0.1) is 0 Å². The van der Waals surface area contributed by atoms with Crippen LogP contribution in [0.15, 0.2) is 197 Å². The second-order valence-electron chi connectivity index (χ2n) is 13.8. The Balaban J connectivity index is 1.06. The van der Waals surface area contributed by atoms with Gasteiger partial charge in [0.2, 0.25) is 0 Å². The lowest BCUT2D eigenvalue weighted by atomic mass is 9.96. The number of benzene rings is 7. The second kappa shape index (κ2) is 12.6. The molecule has 0 aliphatic heterocycles. The van der Waals surface area contributed by atoms with Crippen LogP contribution in [-0.4, -0.2) is 9.97 Å². The Morgan fingerprint density at radius 2 is 0.945 bits per heavy atom. The second-order valence-corrected chi connectivity index (χ2v) is 13.8. The molecular weight excluding hydrogens is 675 g/mol. The molecule has 0 N–H and O–H groups in total. The van der Waals surface area contributed by atoms with Gasteiger partial charge in [-0.3, -0.25) is 9.97 Å². The van der Waals surface area contributed by atoms with E-state index in [0.29, 0.717) is 0 Å². The molecule has 0 fully saturated rings. The van der Waals surface area contributed by atoms with E-state index in [-0.39, 0.29) is 0 Å². The van der Waals surface area contributed by atoms with Gasteiger partial charge in [0.15, 0.2) is 0 Å². The molecule has 0 aliphatic rings. The summed E-state index contributed by atoms with van der Waals surface area (Å²) in [5, 5.41) is 6.51. The van der Waals surface area contributed by atoms with Crippen molar-refractivity contribution in [2.75, 3.05) is 4.90 Å². The van der Waals surface area contributed by atoms with Gasteiger partial charge < -0.3 is 13.7 Å². The summed E-state index contributed by atoms with van der Waals surface area (Å²) in [6.45, 7) is 0. The van der Waals surface area contributed by atoms with Crippen molar-refractivity contribution in [3.63, 3.8) is 0 Å². The fraction of sp³-hybridized carbons (Fsp3) is 0. The predicted octanol–water partition coefficient (Wildman–Crippen LogP) is 13.9. The standard InChI is InChI=1S/C50H31N3O2/c1-2-9-32(10-3-1)37-25-26-46(40-12-5-4-11-39(37)40)53(35-21-17-33(18-22-35)38-14-8-15-42-44-30-51-28-27-48(44)55-49(38)42)36-23-19-34(20-24-36)43-29-52-31-45-41-13-6-7-16-47(41)54-50(43)45/h1-31H. The van der Waals surface area contributed by atoms with E-state index in [1.165, 1.54) is 16.5 Å². The number of nitrogens with zero attached hydrogens (tertiary/aromatic N) is 3. The molecule has 5 nitrogen and oxygen atoms in total. The van der Waals surface area contributed by atoms with Gasteiger partial charge in [-0.1, -0.05) is 121 Å². The summed E-state index contributed by atoms with van der Waals surface area (Å²) < 4.78 is 12.8. The summed E-state index contributed by atoms with van der Waals surface area (Å²) in [7, 11) is 0. The highest BCUT2D eigenvalue weighted by atomic mass is 16.3. The van der Waals surface area contributed by atoms with Gasteiger partial charge in [0, 0.05) is 74.2 Å². The Morgan fingerprint density at radius 1 is 0.345 bits per heavy atom. The third-order valence-electron chi connectivity index (χ3n) is 10.7. The van der Waals surface area contributed by atoms with Crippen LogP contribution in [0.2, 0.25) is 0 Å². The molecule has 11 rings (SSSR count). The zero-order chi connectivity index (χ0) is 36.3. The lowest BCUT2D eigenvalue weighted by molar-refractivity contribution is 0.669. The SMILES string of the molecule is c1ccc(-c2ccc(N(c3ccc(-c4cccc5c4oc4ccncc45)cc3)c3ccc(-c4cncc5c4oc4ccccc45)cc3)c3ccccc23)cc1. The first kappa shape index (κ1) is 31.1. The number of hydrogen-bond donors (Lipinski definition) is 0. The first-order valence-corrected chi connectivity index (χ1v) is 18.4. The molecule has 0 saturated heterocycles. The molecule has 7 aromatic carbocycles. The minimum absolute atomic E-state index is 0.835. The van der Waals surface area contributed by atoms with Gasteiger partial charge in [0.25, 0.3) is 0 Å². The Bertz CT molecular complexity index is 3040. The number of rotatable bonds is 6. The fourth-order valence-corrected chi connectivity index (χ4v) is 8.07. The van der Waals surface area contributed by atoms with E-state index in [4.69, 9.17) is 8.83 Å². The molecule has 55 heavy (non-hydrogen) atoms. The predicted molar refractivity (Wildman–Crippen MR) is 225 cm³/mol. The number of hydrogen-bond acceptors (Lipinski definition) is 5. The summed E-state index contributed by atoms with van der Waals surface area (Å²) in [4.78, 5) is 11.3. The Hall–Kier alpha value is -7.50. The van der Waals surface area contributed by atoms with Crippen LogP contribution < -0.4 is 4.90 Å². The van der Waals surface area contributed by atoms with Gasteiger partial charge in [-0.2, -0.15) is 0 Å². The lowest BCUT2D eigenvalue weighted by Crippen LogP contribution is -2.10. The van der Waals surface area contributed by atoms with Crippen molar-refractivity contribution in [1.82, 2.24) is 9.97 Å². The van der Waals surface area contributed by atoms with Crippen LogP contribution in [-0.2, 0) is 0 Å². The molecule has 258 valence electrons. The van der Waals surface area contributed by atoms with Crippen molar-refractivity contribution in [1.29, 1.82) is 0 Å². The summed E-state index contributed by atoms with van der Waals surface area (Å²) >= 11 is 0. The first-order chi connectivity index (χ1) is 27.3. The molecular formula is C50H31N3O2. The van der Waals surface area contributed by atoms with Gasteiger partial charge in [0.1, 0.15) is 22.3 Å². The van der Waals surface area contributed by atoms with Crippen molar-refractivity contribution in [2.24, 2.45) is 0 Å². The van der Waals surface area contributed by atoms with E-state index in [2.05, 4.69) is 154 Å². The molecule has 0 radical (unpaired) electrons. The Kier molecular flexibility index (Phi) is 7.10. The summed E-state index contributed by atoms with van der Waals surface area (Å²) in [6.07, 6.45) is 7.43.